The molecule has 12 rings (SSSR count). The fourth-order valence-electron chi connectivity index (χ4n) is 9.16. The van der Waals surface area contributed by atoms with Crippen LogP contribution < -0.4 is 0 Å². The van der Waals surface area contributed by atoms with Crippen molar-refractivity contribution in [1.82, 2.24) is 15.0 Å². The second-order valence-electron chi connectivity index (χ2n) is 15.5. The van der Waals surface area contributed by atoms with Crippen LogP contribution in [0.15, 0.2) is 194 Å². The Kier molecular flexibility index (Phi) is 7.57. The molecule has 0 bridgehead atoms. The molecule has 0 unspecified atom stereocenters. The van der Waals surface area contributed by atoms with E-state index in [9.17, 15) is 5.26 Å². The fraction of sp³-hybridized carbons (Fsp3) is 0. The average Bonchev–Trinajstić information content (AvgIpc) is 3.32. The first-order valence-electron chi connectivity index (χ1n) is 20.1. The summed E-state index contributed by atoms with van der Waals surface area (Å²) in [7, 11) is 0. The molecule has 0 radical (unpaired) electrons. The largest absolute Gasteiger partial charge is 0.208 e. The maximum atomic E-state index is 9.24. The Balaban J connectivity index is 1.01. The van der Waals surface area contributed by atoms with Gasteiger partial charge in [-0.05, 0) is 111 Å². The van der Waals surface area contributed by atoms with Crippen LogP contribution in [-0.2, 0) is 0 Å². The molecule has 11 aromatic carbocycles. The predicted octanol–water partition coefficient (Wildman–Crippen LogP) is 14.4. The SMILES string of the molecule is N#Cc1ccc(-c2ccc(-c3nc(-c4ccccc4)nc(-c4ccc(-c5cc6ccc7cccc8c9cccc%10ccc%11cccc(c(c5)c6c78)c%11c%109)cc4)n3)cc2)cc1. The summed E-state index contributed by atoms with van der Waals surface area (Å²) in [6, 6.07) is 70.8. The van der Waals surface area contributed by atoms with Gasteiger partial charge in [0.2, 0.25) is 0 Å². The van der Waals surface area contributed by atoms with Gasteiger partial charge in [0.25, 0.3) is 0 Å². The molecule has 0 aliphatic heterocycles. The van der Waals surface area contributed by atoms with Crippen molar-refractivity contribution in [3.8, 4) is 62.5 Å². The molecule has 0 saturated heterocycles. The van der Waals surface area contributed by atoms with Gasteiger partial charge in [0.05, 0.1) is 11.6 Å². The zero-order valence-corrected chi connectivity index (χ0v) is 32.3. The molecule has 1 aromatic heterocycles. The van der Waals surface area contributed by atoms with Crippen molar-refractivity contribution in [3.05, 3.63) is 200 Å². The number of aromatic nitrogens is 3. The number of hydrogen-bond acceptors (Lipinski definition) is 4. The highest BCUT2D eigenvalue weighted by atomic mass is 15.0. The molecule has 0 amide bonds. The van der Waals surface area contributed by atoms with Gasteiger partial charge in [-0.15, -0.1) is 0 Å². The highest BCUT2D eigenvalue weighted by Gasteiger charge is 2.17. The molecule has 0 atom stereocenters. The lowest BCUT2D eigenvalue weighted by molar-refractivity contribution is 1.07. The summed E-state index contributed by atoms with van der Waals surface area (Å²) < 4.78 is 0. The Morgan fingerprint density at radius 3 is 1.15 bits per heavy atom. The fourth-order valence-corrected chi connectivity index (χ4v) is 9.16. The number of fused-ring (bicyclic) bond motifs is 2. The van der Waals surface area contributed by atoms with Crippen LogP contribution in [0.1, 0.15) is 5.56 Å². The third-order valence-electron chi connectivity index (χ3n) is 12.1. The number of nitrogens with zero attached hydrogens (tertiary/aromatic N) is 4. The molecule has 0 N–H and O–H groups in total. The lowest BCUT2D eigenvalue weighted by Gasteiger charge is -2.17. The molecule has 0 aliphatic carbocycles. The van der Waals surface area contributed by atoms with Gasteiger partial charge in [-0.25, -0.2) is 15.0 Å². The zero-order chi connectivity index (χ0) is 39.7. The summed E-state index contributed by atoms with van der Waals surface area (Å²) in [6.07, 6.45) is 0. The van der Waals surface area contributed by atoms with Gasteiger partial charge in [0.1, 0.15) is 0 Å². The predicted molar refractivity (Wildman–Crippen MR) is 248 cm³/mol. The van der Waals surface area contributed by atoms with Gasteiger partial charge in [0, 0.05) is 16.7 Å². The molecule has 0 aliphatic rings. The van der Waals surface area contributed by atoms with E-state index in [2.05, 4.69) is 133 Å². The third-order valence-corrected chi connectivity index (χ3v) is 12.1. The summed E-state index contributed by atoms with van der Waals surface area (Å²) in [6.45, 7) is 0. The summed E-state index contributed by atoms with van der Waals surface area (Å²) in [5.74, 6) is 1.83. The van der Waals surface area contributed by atoms with Crippen LogP contribution in [0.3, 0.4) is 0 Å². The summed E-state index contributed by atoms with van der Waals surface area (Å²) >= 11 is 0. The number of rotatable bonds is 5. The molecule has 1 heterocycles. The van der Waals surface area contributed by atoms with E-state index < -0.39 is 0 Å². The first-order chi connectivity index (χ1) is 29.7. The first kappa shape index (κ1) is 33.8. The average molecular weight is 761 g/mol. The van der Waals surface area contributed by atoms with E-state index in [0.717, 1.165) is 38.9 Å². The van der Waals surface area contributed by atoms with E-state index in [1.54, 1.807) is 0 Å². The van der Waals surface area contributed by atoms with E-state index in [1.165, 1.54) is 64.6 Å². The second-order valence-corrected chi connectivity index (χ2v) is 15.5. The molecular formula is C56H32N4. The van der Waals surface area contributed by atoms with Crippen molar-refractivity contribution < 1.29 is 0 Å². The molecule has 12 aromatic rings. The van der Waals surface area contributed by atoms with Crippen molar-refractivity contribution in [1.29, 1.82) is 5.26 Å². The van der Waals surface area contributed by atoms with Gasteiger partial charge in [-0.1, -0.05) is 170 Å². The van der Waals surface area contributed by atoms with Gasteiger partial charge in [0.15, 0.2) is 17.5 Å². The Hall–Kier alpha value is -8.26. The molecule has 0 spiro atoms. The zero-order valence-electron chi connectivity index (χ0n) is 32.3. The van der Waals surface area contributed by atoms with Crippen LogP contribution in [-0.4, -0.2) is 15.0 Å². The molecular weight excluding hydrogens is 729 g/mol. The second kappa shape index (κ2) is 13.4. The van der Waals surface area contributed by atoms with E-state index in [1.807, 2.05) is 66.7 Å². The van der Waals surface area contributed by atoms with Crippen molar-refractivity contribution in [3.63, 3.8) is 0 Å². The molecule has 0 fully saturated rings. The van der Waals surface area contributed by atoms with Gasteiger partial charge >= 0.3 is 0 Å². The van der Waals surface area contributed by atoms with Crippen molar-refractivity contribution in [2.45, 2.75) is 0 Å². The number of benzene rings is 10. The minimum atomic E-state index is 0.604. The standard InChI is InChI=1S/C56H32N4/c57-33-34-15-17-35(18-16-34)36-19-26-42(27-20-36)55-58-54(41-7-2-1-3-8-41)59-56(60-55)43-28-21-37(22-29-43)45-31-44-30-25-40-10-5-13-47-46-12-4-9-38-23-24-39-11-6-14-48(52(39)50(38)46)49(32-45)53(44)51(40)47/h1-32H. The number of nitriles is 1. The Labute approximate surface area is 345 Å². The van der Waals surface area contributed by atoms with Crippen molar-refractivity contribution in [2.75, 3.05) is 0 Å². The van der Waals surface area contributed by atoms with Gasteiger partial charge < -0.3 is 0 Å². The molecule has 0 saturated carbocycles. The Morgan fingerprint density at radius 2 is 0.667 bits per heavy atom. The number of hydrogen-bond donors (Lipinski definition) is 0. The molecule has 276 valence electrons. The summed E-state index contributed by atoms with van der Waals surface area (Å²) in [5, 5.41) is 24.5. The van der Waals surface area contributed by atoms with Crippen LogP contribution in [0.5, 0.6) is 0 Å². The van der Waals surface area contributed by atoms with E-state index in [4.69, 9.17) is 15.0 Å². The lowest BCUT2D eigenvalue weighted by Crippen LogP contribution is -2.00. The van der Waals surface area contributed by atoms with Gasteiger partial charge in [-0.3, -0.25) is 0 Å². The van der Waals surface area contributed by atoms with E-state index >= 15 is 0 Å². The summed E-state index contributed by atoms with van der Waals surface area (Å²) in [5.41, 5.74) is 7.74. The normalized spacial score (nSPS) is 11.7. The molecule has 4 heteroatoms. The van der Waals surface area contributed by atoms with Crippen LogP contribution in [0.2, 0.25) is 0 Å². The van der Waals surface area contributed by atoms with E-state index in [-0.39, 0.29) is 0 Å². The van der Waals surface area contributed by atoms with Crippen LogP contribution in [0.25, 0.3) is 121 Å². The molecule has 60 heavy (non-hydrogen) atoms. The van der Waals surface area contributed by atoms with Crippen molar-refractivity contribution >= 4 is 64.6 Å². The van der Waals surface area contributed by atoms with Crippen LogP contribution in [0, 0.1) is 11.3 Å². The maximum absolute atomic E-state index is 9.24. The minimum absolute atomic E-state index is 0.604. The lowest BCUT2D eigenvalue weighted by atomic mass is 9.86. The van der Waals surface area contributed by atoms with Crippen LogP contribution >= 0.6 is 0 Å². The highest BCUT2D eigenvalue weighted by Crippen LogP contribution is 2.44. The Morgan fingerprint density at radius 1 is 0.283 bits per heavy atom. The molecule has 4 nitrogen and oxygen atoms in total. The topological polar surface area (TPSA) is 62.5 Å². The Bertz CT molecular complexity index is 3670. The quantitative estimate of drug-likeness (QED) is 0.164. The smallest absolute Gasteiger partial charge is 0.164 e. The highest BCUT2D eigenvalue weighted by molar-refractivity contribution is 6.37. The van der Waals surface area contributed by atoms with Crippen molar-refractivity contribution in [2.24, 2.45) is 0 Å². The first-order valence-corrected chi connectivity index (χ1v) is 20.1. The monoisotopic (exact) mass is 760 g/mol. The van der Waals surface area contributed by atoms with E-state index in [0.29, 0.717) is 23.0 Å². The third kappa shape index (κ3) is 5.41. The summed E-state index contributed by atoms with van der Waals surface area (Å²) in [4.78, 5) is 15.0. The minimum Gasteiger partial charge on any atom is -0.208 e. The van der Waals surface area contributed by atoms with Gasteiger partial charge in [-0.2, -0.15) is 5.26 Å². The maximum Gasteiger partial charge on any atom is 0.164 e. The van der Waals surface area contributed by atoms with Crippen LogP contribution in [0.4, 0.5) is 0 Å².